The first-order valence-corrected chi connectivity index (χ1v) is 7.44. The van der Waals surface area contributed by atoms with Gasteiger partial charge in [0, 0.05) is 18.8 Å². The fourth-order valence-electron chi connectivity index (χ4n) is 1.77. The molecule has 7 heteroatoms. The van der Waals surface area contributed by atoms with E-state index in [2.05, 4.69) is 10.0 Å². The number of hydrogen-bond donors (Lipinski definition) is 3. The Morgan fingerprint density at radius 3 is 2.89 bits per heavy atom. The number of benzene rings is 1. The molecule has 2 rings (SSSR count). The average Bonchev–Trinajstić information content (AvgIpc) is 2.74. The van der Waals surface area contributed by atoms with E-state index in [0.717, 1.165) is 0 Å². The zero-order chi connectivity index (χ0) is 14.0. The van der Waals surface area contributed by atoms with Gasteiger partial charge in [-0.05, 0) is 29.7 Å². The minimum Gasteiger partial charge on any atom is -0.396 e. The quantitative estimate of drug-likeness (QED) is 0.714. The number of carbonyl (C=O) groups is 1. The molecule has 6 nitrogen and oxygen atoms in total. The van der Waals surface area contributed by atoms with Crippen LogP contribution in [0.15, 0.2) is 23.1 Å². The predicted octanol–water partition coefficient (Wildman–Crippen LogP) is 0.0879. The largest absolute Gasteiger partial charge is 0.396 e. The van der Waals surface area contributed by atoms with E-state index in [9.17, 15) is 13.2 Å². The Labute approximate surface area is 111 Å². The molecule has 1 aromatic carbocycles. The predicted molar refractivity (Wildman–Crippen MR) is 70.2 cm³/mol. The highest BCUT2D eigenvalue weighted by molar-refractivity contribution is 7.89. The molecule has 1 unspecified atom stereocenters. The molecule has 0 bridgehead atoms. The SMILES string of the molecule is CC(CO)CNS(=O)(=O)c1ccc2c(c1)CC(=O)N2. The maximum absolute atomic E-state index is 12.0. The van der Waals surface area contributed by atoms with Crippen molar-refractivity contribution in [2.75, 3.05) is 18.5 Å². The normalized spacial score (nSPS) is 16.0. The summed E-state index contributed by atoms with van der Waals surface area (Å²) in [5, 5.41) is 11.5. The smallest absolute Gasteiger partial charge is 0.240 e. The van der Waals surface area contributed by atoms with Crippen LogP contribution >= 0.6 is 0 Å². The molecule has 0 saturated heterocycles. The number of carbonyl (C=O) groups excluding carboxylic acids is 1. The molecule has 104 valence electrons. The zero-order valence-corrected chi connectivity index (χ0v) is 11.3. The zero-order valence-electron chi connectivity index (χ0n) is 10.5. The number of fused-ring (bicyclic) bond motifs is 1. The Hall–Kier alpha value is -1.44. The summed E-state index contributed by atoms with van der Waals surface area (Å²) in [6.45, 7) is 1.84. The van der Waals surface area contributed by atoms with Crippen LogP contribution < -0.4 is 10.0 Å². The minimum atomic E-state index is -3.60. The highest BCUT2D eigenvalue weighted by atomic mass is 32.2. The summed E-state index contributed by atoms with van der Waals surface area (Å²) in [5.41, 5.74) is 1.34. The van der Waals surface area contributed by atoms with Gasteiger partial charge >= 0.3 is 0 Å². The maximum Gasteiger partial charge on any atom is 0.240 e. The van der Waals surface area contributed by atoms with E-state index in [1.165, 1.54) is 12.1 Å². The fraction of sp³-hybridized carbons (Fsp3) is 0.417. The molecule has 0 aliphatic carbocycles. The second kappa shape index (κ2) is 5.28. The fourth-order valence-corrected chi connectivity index (χ4v) is 2.99. The first-order valence-electron chi connectivity index (χ1n) is 5.95. The molecule has 0 fully saturated rings. The lowest BCUT2D eigenvalue weighted by molar-refractivity contribution is -0.115. The van der Waals surface area contributed by atoms with Gasteiger partial charge in [0.25, 0.3) is 0 Å². The van der Waals surface area contributed by atoms with Crippen molar-refractivity contribution in [3.63, 3.8) is 0 Å². The summed E-state index contributed by atoms with van der Waals surface area (Å²) in [4.78, 5) is 11.3. The lowest BCUT2D eigenvalue weighted by atomic mass is 10.2. The van der Waals surface area contributed by atoms with Gasteiger partial charge in [-0.25, -0.2) is 13.1 Å². The van der Waals surface area contributed by atoms with Gasteiger partial charge < -0.3 is 10.4 Å². The molecule has 1 amide bonds. The van der Waals surface area contributed by atoms with Gasteiger partial charge in [0.15, 0.2) is 0 Å². The van der Waals surface area contributed by atoms with Crippen molar-refractivity contribution in [3.8, 4) is 0 Å². The van der Waals surface area contributed by atoms with Crippen LogP contribution in [-0.4, -0.2) is 32.6 Å². The first-order chi connectivity index (χ1) is 8.92. The van der Waals surface area contributed by atoms with Crippen LogP contribution in [-0.2, 0) is 21.2 Å². The molecule has 0 aromatic heterocycles. The van der Waals surface area contributed by atoms with Crippen LogP contribution in [0.2, 0.25) is 0 Å². The van der Waals surface area contributed by atoms with Gasteiger partial charge in [-0.2, -0.15) is 0 Å². The Morgan fingerprint density at radius 2 is 2.21 bits per heavy atom. The van der Waals surface area contributed by atoms with Crippen molar-refractivity contribution in [2.24, 2.45) is 5.92 Å². The van der Waals surface area contributed by atoms with E-state index >= 15 is 0 Å². The number of amides is 1. The van der Waals surface area contributed by atoms with Crippen LogP contribution in [0.3, 0.4) is 0 Å². The average molecular weight is 284 g/mol. The molecule has 1 atom stereocenters. The third-order valence-electron chi connectivity index (χ3n) is 2.95. The molecule has 0 radical (unpaired) electrons. The van der Waals surface area contributed by atoms with E-state index in [4.69, 9.17) is 5.11 Å². The third-order valence-corrected chi connectivity index (χ3v) is 4.37. The number of aliphatic hydroxyl groups excluding tert-OH is 1. The number of nitrogens with one attached hydrogen (secondary N) is 2. The summed E-state index contributed by atoms with van der Waals surface area (Å²) in [5.74, 6) is -0.279. The van der Waals surface area contributed by atoms with Crippen LogP contribution in [0.5, 0.6) is 0 Å². The third kappa shape index (κ3) is 3.12. The van der Waals surface area contributed by atoms with E-state index in [1.54, 1.807) is 13.0 Å². The second-order valence-corrected chi connectivity index (χ2v) is 6.45. The second-order valence-electron chi connectivity index (χ2n) is 4.68. The van der Waals surface area contributed by atoms with Crippen LogP contribution in [0.1, 0.15) is 12.5 Å². The van der Waals surface area contributed by atoms with Crippen molar-refractivity contribution >= 4 is 21.6 Å². The number of anilines is 1. The summed E-state index contributed by atoms with van der Waals surface area (Å²) in [6.07, 6.45) is 0.200. The molecular weight excluding hydrogens is 268 g/mol. The molecule has 0 saturated carbocycles. The van der Waals surface area contributed by atoms with Gasteiger partial charge in [-0.1, -0.05) is 6.92 Å². The Bertz CT molecular complexity index is 598. The summed E-state index contributed by atoms with van der Waals surface area (Å²) in [6, 6.07) is 4.54. The monoisotopic (exact) mass is 284 g/mol. The number of rotatable bonds is 5. The van der Waals surface area contributed by atoms with E-state index in [1.807, 2.05) is 0 Å². The molecule has 1 heterocycles. The van der Waals surface area contributed by atoms with Gasteiger partial charge in [0.2, 0.25) is 15.9 Å². The number of hydrogen-bond acceptors (Lipinski definition) is 4. The van der Waals surface area contributed by atoms with Crippen molar-refractivity contribution in [1.29, 1.82) is 0 Å². The Morgan fingerprint density at radius 1 is 1.47 bits per heavy atom. The van der Waals surface area contributed by atoms with E-state index in [-0.39, 0.29) is 36.3 Å². The molecule has 19 heavy (non-hydrogen) atoms. The molecule has 0 spiro atoms. The van der Waals surface area contributed by atoms with Crippen LogP contribution in [0.25, 0.3) is 0 Å². The summed E-state index contributed by atoms with van der Waals surface area (Å²) >= 11 is 0. The highest BCUT2D eigenvalue weighted by Gasteiger charge is 2.21. The standard InChI is InChI=1S/C12H16N2O4S/c1-8(7-15)6-13-19(17,18)10-2-3-11-9(4-10)5-12(16)14-11/h2-4,8,13,15H,5-7H2,1H3,(H,14,16). The van der Waals surface area contributed by atoms with E-state index < -0.39 is 10.0 Å². The molecule has 3 N–H and O–H groups in total. The molecule has 1 aliphatic rings. The Balaban J connectivity index is 2.18. The van der Waals surface area contributed by atoms with Crippen molar-refractivity contribution in [1.82, 2.24) is 4.72 Å². The van der Waals surface area contributed by atoms with Gasteiger partial charge in [-0.3, -0.25) is 4.79 Å². The molecular formula is C12H16N2O4S. The van der Waals surface area contributed by atoms with Gasteiger partial charge in [-0.15, -0.1) is 0 Å². The summed E-state index contributed by atoms with van der Waals surface area (Å²) < 4.78 is 26.5. The van der Waals surface area contributed by atoms with Crippen molar-refractivity contribution in [2.45, 2.75) is 18.2 Å². The minimum absolute atomic E-state index is 0.0782. The van der Waals surface area contributed by atoms with Crippen molar-refractivity contribution < 1.29 is 18.3 Å². The van der Waals surface area contributed by atoms with Crippen molar-refractivity contribution in [3.05, 3.63) is 23.8 Å². The van der Waals surface area contributed by atoms with Crippen LogP contribution in [0, 0.1) is 5.92 Å². The van der Waals surface area contributed by atoms with E-state index in [0.29, 0.717) is 11.3 Å². The number of aliphatic hydroxyl groups is 1. The summed E-state index contributed by atoms with van der Waals surface area (Å²) in [7, 11) is -3.60. The lowest BCUT2D eigenvalue weighted by Crippen LogP contribution is -2.29. The maximum atomic E-state index is 12.0. The van der Waals surface area contributed by atoms with Crippen LogP contribution in [0.4, 0.5) is 5.69 Å². The van der Waals surface area contributed by atoms with Gasteiger partial charge in [0.1, 0.15) is 0 Å². The topological polar surface area (TPSA) is 95.5 Å². The Kier molecular flexibility index (Phi) is 3.88. The highest BCUT2D eigenvalue weighted by Crippen LogP contribution is 2.25. The molecule has 1 aliphatic heterocycles. The lowest BCUT2D eigenvalue weighted by Gasteiger charge is -2.11. The number of sulfonamides is 1. The first kappa shape index (κ1) is 14.0. The molecule has 1 aromatic rings. The van der Waals surface area contributed by atoms with Gasteiger partial charge in [0.05, 0.1) is 11.3 Å².